The van der Waals surface area contributed by atoms with Crippen LogP contribution in [0.3, 0.4) is 0 Å². The Morgan fingerprint density at radius 3 is 2.70 bits per heavy atom. The zero-order chi connectivity index (χ0) is 15.3. The summed E-state index contributed by atoms with van der Waals surface area (Å²) in [6.45, 7) is 1.03. The van der Waals surface area contributed by atoms with Crippen molar-refractivity contribution in [3.05, 3.63) is 11.7 Å². The Labute approximate surface area is 115 Å². The summed E-state index contributed by atoms with van der Waals surface area (Å²) in [6.07, 6.45) is -0.338. The van der Waals surface area contributed by atoms with E-state index in [1.54, 1.807) is 0 Å². The molecule has 10 nitrogen and oxygen atoms in total. The number of hydrogen-bond donors (Lipinski definition) is 4. The largest absolute Gasteiger partial charge is 0.394 e. The molecule has 20 heavy (non-hydrogen) atoms. The van der Waals surface area contributed by atoms with E-state index in [-0.39, 0.29) is 23.9 Å². The summed E-state index contributed by atoms with van der Waals surface area (Å²) in [5.41, 5.74) is 10.6. The van der Waals surface area contributed by atoms with Crippen LogP contribution in [-0.4, -0.2) is 41.9 Å². The van der Waals surface area contributed by atoms with Crippen molar-refractivity contribution in [2.24, 2.45) is 11.5 Å². The van der Waals surface area contributed by atoms with Gasteiger partial charge in [0.05, 0.1) is 24.8 Å². The highest BCUT2D eigenvalue weighted by Crippen LogP contribution is 2.17. The van der Waals surface area contributed by atoms with Crippen LogP contribution in [-0.2, 0) is 14.8 Å². The van der Waals surface area contributed by atoms with Crippen LogP contribution < -0.4 is 16.2 Å². The molecule has 0 radical (unpaired) electrons. The maximum atomic E-state index is 11.5. The predicted octanol–water partition coefficient (Wildman–Crippen LogP) is -2.08. The molecule has 2 atom stereocenters. The molecule has 0 aromatic carbocycles. The lowest BCUT2D eigenvalue weighted by atomic mass is 10.2. The van der Waals surface area contributed by atoms with E-state index in [1.165, 1.54) is 6.92 Å². The van der Waals surface area contributed by atoms with E-state index in [0.717, 1.165) is 0 Å². The Morgan fingerprint density at radius 1 is 1.55 bits per heavy atom. The van der Waals surface area contributed by atoms with Gasteiger partial charge in [-0.1, -0.05) is 5.16 Å². The highest BCUT2D eigenvalue weighted by atomic mass is 32.2. The molecular formula is C9H17N5O5S. The molecule has 6 N–H and O–H groups in total. The Kier molecular flexibility index (Phi) is 5.56. The van der Waals surface area contributed by atoms with Gasteiger partial charge in [0.15, 0.2) is 5.82 Å². The molecular weight excluding hydrogens is 290 g/mol. The minimum Gasteiger partial charge on any atom is -0.394 e. The van der Waals surface area contributed by atoms with Gasteiger partial charge in [0.25, 0.3) is 0 Å². The molecule has 11 heteroatoms. The van der Waals surface area contributed by atoms with Crippen LogP contribution in [0.1, 0.15) is 37.1 Å². The Morgan fingerprint density at radius 2 is 2.20 bits per heavy atom. The average molecular weight is 307 g/mol. The molecule has 1 heterocycles. The number of hydrogen-bond acceptors (Lipinski definition) is 8. The molecule has 114 valence electrons. The van der Waals surface area contributed by atoms with E-state index in [2.05, 4.69) is 14.9 Å². The van der Waals surface area contributed by atoms with E-state index in [4.69, 9.17) is 21.1 Å². The van der Waals surface area contributed by atoms with Gasteiger partial charge in [0.2, 0.25) is 21.8 Å². The average Bonchev–Trinajstić information content (AvgIpc) is 2.86. The van der Waals surface area contributed by atoms with E-state index < -0.39 is 34.6 Å². The summed E-state index contributed by atoms with van der Waals surface area (Å²) in [4.78, 5) is 14.8. The van der Waals surface area contributed by atoms with Crippen molar-refractivity contribution < 1.29 is 22.8 Å². The zero-order valence-electron chi connectivity index (χ0n) is 10.8. The van der Waals surface area contributed by atoms with Gasteiger partial charge in [-0.05, 0) is 6.92 Å². The topological polar surface area (TPSA) is 174 Å². The maximum absolute atomic E-state index is 11.5. The standard InChI is InChI=1S/C9H17N5O5S/c1-2-20(17,18)14-6(3-7(11)16)9-12-8(13-19-9)5(10)4-15/h5-6,14-15H,2-4,10H2,1H3,(H2,11,16)/t5-,6-/m0/s1. The van der Waals surface area contributed by atoms with Gasteiger partial charge in [-0.2, -0.15) is 4.98 Å². The second kappa shape index (κ2) is 6.74. The first-order chi connectivity index (χ1) is 9.29. The summed E-state index contributed by atoms with van der Waals surface area (Å²) in [7, 11) is -3.60. The predicted molar refractivity (Wildman–Crippen MR) is 67.5 cm³/mol. The number of nitrogens with zero attached hydrogens (tertiary/aromatic N) is 2. The number of aromatic nitrogens is 2. The summed E-state index contributed by atoms with van der Waals surface area (Å²) in [5, 5.41) is 12.4. The number of aliphatic hydroxyl groups is 1. The number of amides is 1. The third-order valence-electron chi connectivity index (χ3n) is 2.39. The van der Waals surface area contributed by atoms with Crippen molar-refractivity contribution in [2.75, 3.05) is 12.4 Å². The van der Waals surface area contributed by atoms with E-state index in [9.17, 15) is 13.2 Å². The minimum atomic E-state index is -3.60. The first-order valence-corrected chi connectivity index (χ1v) is 7.42. The van der Waals surface area contributed by atoms with Gasteiger partial charge in [-0.3, -0.25) is 4.79 Å². The number of carbonyl (C=O) groups excluding carboxylic acids is 1. The van der Waals surface area contributed by atoms with Crippen LogP contribution in [0.25, 0.3) is 0 Å². The lowest BCUT2D eigenvalue weighted by Crippen LogP contribution is -2.33. The number of nitrogens with two attached hydrogens (primary N) is 2. The number of rotatable bonds is 8. The fourth-order valence-corrected chi connectivity index (χ4v) is 2.09. The van der Waals surface area contributed by atoms with Gasteiger partial charge < -0.3 is 21.1 Å². The summed E-state index contributed by atoms with van der Waals surface area (Å²) in [5.74, 6) is -1.05. The summed E-state index contributed by atoms with van der Waals surface area (Å²) >= 11 is 0. The molecule has 0 aliphatic carbocycles. The van der Waals surface area contributed by atoms with Crippen LogP contribution in [0.15, 0.2) is 4.52 Å². The Hall–Kier alpha value is -1.56. The van der Waals surface area contributed by atoms with Crippen molar-refractivity contribution in [1.29, 1.82) is 0 Å². The van der Waals surface area contributed by atoms with Gasteiger partial charge in [0, 0.05) is 0 Å². The van der Waals surface area contributed by atoms with Crippen molar-refractivity contribution >= 4 is 15.9 Å². The molecule has 1 aromatic rings. The lowest BCUT2D eigenvalue weighted by Gasteiger charge is -2.12. The molecule has 1 amide bonds. The van der Waals surface area contributed by atoms with Crippen molar-refractivity contribution in [1.82, 2.24) is 14.9 Å². The normalized spacial score (nSPS) is 14.9. The molecule has 0 unspecified atom stereocenters. The molecule has 0 spiro atoms. The Bertz CT molecular complexity index is 557. The van der Waals surface area contributed by atoms with Crippen LogP contribution in [0.4, 0.5) is 0 Å². The zero-order valence-corrected chi connectivity index (χ0v) is 11.6. The first-order valence-electron chi connectivity index (χ1n) is 5.77. The van der Waals surface area contributed by atoms with Crippen LogP contribution in [0.2, 0.25) is 0 Å². The first kappa shape index (κ1) is 16.5. The molecule has 0 aliphatic heterocycles. The second-order valence-corrected chi connectivity index (χ2v) is 6.07. The molecule has 0 saturated heterocycles. The van der Waals surface area contributed by atoms with E-state index in [1.807, 2.05) is 0 Å². The van der Waals surface area contributed by atoms with Gasteiger partial charge in [-0.15, -0.1) is 0 Å². The molecule has 0 bridgehead atoms. The molecule has 0 fully saturated rings. The van der Waals surface area contributed by atoms with E-state index in [0.29, 0.717) is 0 Å². The van der Waals surface area contributed by atoms with Gasteiger partial charge in [0.1, 0.15) is 6.04 Å². The highest BCUT2D eigenvalue weighted by molar-refractivity contribution is 7.89. The third kappa shape index (κ3) is 4.52. The number of aliphatic hydroxyl groups excluding tert-OH is 1. The summed E-state index contributed by atoms with van der Waals surface area (Å²) < 4.78 is 30.2. The summed E-state index contributed by atoms with van der Waals surface area (Å²) in [6, 6.07) is -1.92. The fourth-order valence-electron chi connectivity index (χ4n) is 1.30. The SMILES string of the molecule is CCS(=O)(=O)N[C@@H](CC(N)=O)c1nc([C@@H](N)CO)no1. The van der Waals surface area contributed by atoms with Crippen molar-refractivity contribution in [3.63, 3.8) is 0 Å². The second-order valence-electron chi connectivity index (χ2n) is 4.02. The molecule has 0 aliphatic rings. The lowest BCUT2D eigenvalue weighted by molar-refractivity contribution is -0.118. The van der Waals surface area contributed by atoms with Crippen molar-refractivity contribution in [3.8, 4) is 0 Å². The van der Waals surface area contributed by atoms with Crippen LogP contribution in [0.5, 0.6) is 0 Å². The van der Waals surface area contributed by atoms with Crippen LogP contribution >= 0.6 is 0 Å². The Balaban J connectivity index is 2.99. The number of sulfonamides is 1. The van der Waals surface area contributed by atoms with Gasteiger partial charge in [-0.25, -0.2) is 13.1 Å². The molecule has 1 aromatic heterocycles. The quantitative estimate of drug-likeness (QED) is 0.423. The van der Waals surface area contributed by atoms with E-state index >= 15 is 0 Å². The monoisotopic (exact) mass is 307 g/mol. The highest BCUT2D eigenvalue weighted by Gasteiger charge is 2.26. The van der Waals surface area contributed by atoms with Crippen molar-refractivity contribution in [2.45, 2.75) is 25.4 Å². The van der Waals surface area contributed by atoms with Crippen LogP contribution in [0, 0.1) is 0 Å². The third-order valence-corrected chi connectivity index (χ3v) is 3.79. The molecule has 0 saturated carbocycles. The smallest absolute Gasteiger partial charge is 0.245 e. The molecule has 1 rings (SSSR count). The number of primary amides is 1. The fraction of sp³-hybridized carbons (Fsp3) is 0.667. The number of nitrogens with one attached hydrogen (secondary N) is 1. The van der Waals surface area contributed by atoms with Gasteiger partial charge >= 0.3 is 0 Å². The maximum Gasteiger partial charge on any atom is 0.245 e. The number of carbonyl (C=O) groups is 1. The minimum absolute atomic E-state index is 0.00710.